The van der Waals surface area contributed by atoms with Crippen molar-refractivity contribution in [1.29, 1.82) is 0 Å². The molecule has 0 aliphatic carbocycles. The van der Waals surface area contributed by atoms with Gasteiger partial charge in [-0.3, -0.25) is 14.6 Å². The fourth-order valence-electron chi connectivity index (χ4n) is 3.41. The zero-order valence-electron chi connectivity index (χ0n) is 15.4. The Balaban J connectivity index is 1.49. The van der Waals surface area contributed by atoms with Crippen molar-refractivity contribution in [3.05, 3.63) is 69.4 Å². The second-order valence-corrected chi connectivity index (χ2v) is 6.84. The fourth-order valence-corrected chi connectivity index (χ4v) is 3.41. The first-order chi connectivity index (χ1) is 13.6. The Morgan fingerprint density at radius 1 is 1.18 bits per heavy atom. The van der Waals surface area contributed by atoms with Crippen LogP contribution in [0.25, 0.3) is 11.3 Å². The average Bonchev–Trinajstić information content (AvgIpc) is 3.12. The first kappa shape index (κ1) is 18.0. The van der Waals surface area contributed by atoms with Crippen molar-refractivity contribution in [3.63, 3.8) is 0 Å². The minimum atomic E-state index is -0.524. The van der Waals surface area contributed by atoms with Gasteiger partial charge in [0, 0.05) is 50.0 Å². The summed E-state index contributed by atoms with van der Waals surface area (Å²) in [6.07, 6.45) is 6.82. The zero-order valence-corrected chi connectivity index (χ0v) is 15.4. The van der Waals surface area contributed by atoms with Gasteiger partial charge in [-0.2, -0.15) is 0 Å². The lowest BCUT2D eigenvalue weighted by molar-refractivity contribution is -0.116. The Hall–Kier alpha value is -3.42. The van der Waals surface area contributed by atoms with E-state index in [2.05, 4.69) is 14.9 Å². The van der Waals surface area contributed by atoms with Gasteiger partial charge in [0.25, 0.3) is 5.56 Å². The lowest BCUT2D eigenvalue weighted by Gasteiger charge is -2.11. The highest BCUT2D eigenvalue weighted by molar-refractivity contribution is 5.95. The van der Waals surface area contributed by atoms with Gasteiger partial charge >= 0.3 is 5.69 Å². The van der Waals surface area contributed by atoms with Crippen LogP contribution in [0.4, 0.5) is 5.69 Å². The van der Waals surface area contributed by atoms with Crippen LogP contribution in [0.1, 0.15) is 25.1 Å². The second kappa shape index (κ2) is 7.67. The minimum Gasteiger partial charge on any atom is -0.334 e. The molecule has 3 aromatic rings. The Morgan fingerprint density at radius 2 is 2.04 bits per heavy atom. The van der Waals surface area contributed by atoms with Crippen molar-refractivity contribution in [2.45, 2.75) is 38.8 Å². The van der Waals surface area contributed by atoms with Crippen LogP contribution in [0.2, 0.25) is 0 Å². The molecule has 1 aliphatic heterocycles. The summed E-state index contributed by atoms with van der Waals surface area (Å²) < 4.78 is 3.48. The normalized spacial score (nSPS) is 13.1. The number of rotatable bonds is 5. The van der Waals surface area contributed by atoms with Gasteiger partial charge in [0.1, 0.15) is 5.82 Å². The number of para-hydroxylation sites is 1. The molecule has 0 saturated heterocycles. The van der Waals surface area contributed by atoms with Crippen LogP contribution in [0.15, 0.2) is 52.3 Å². The van der Waals surface area contributed by atoms with Crippen molar-refractivity contribution in [3.8, 4) is 11.3 Å². The average molecular weight is 379 g/mol. The largest absolute Gasteiger partial charge is 0.334 e. The molecule has 3 heterocycles. The van der Waals surface area contributed by atoms with E-state index in [0.717, 1.165) is 42.9 Å². The molecule has 2 N–H and O–H groups in total. The van der Waals surface area contributed by atoms with E-state index in [9.17, 15) is 14.4 Å². The highest BCUT2D eigenvalue weighted by atomic mass is 16.2. The molecule has 0 atom stereocenters. The molecule has 0 spiro atoms. The Morgan fingerprint density at radius 3 is 2.86 bits per heavy atom. The van der Waals surface area contributed by atoms with Crippen molar-refractivity contribution in [2.75, 3.05) is 5.32 Å². The number of aromatic nitrogens is 4. The molecule has 8 nitrogen and oxygen atoms in total. The number of benzene rings is 1. The van der Waals surface area contributed by atoms with E-state index in [4.69, 9.17) is 4.98 Å². The van der Waals surface area contributed by atoms with Crippen molar-refractivity contribution >= 4 is 11.6 Å². The van der Waals surface area contributed by atoms with E-state index in [1.165, 1.54) is 16.8 Å². The number of aromatic amines is 1. The van der Waals surface area contributed by atoms with Crippen LogP contribution >= 0.6 is 0 Å². The molecule has 0 fully saturated rings. The van der Waals surface area contributed by atoms with E-state index in [-0.39, 0.29) is 18.9 Å². The number of hydrogen-bond donors (Lipinski definition) is 2. The molecule has 4 rings (SSSR count). The van der Waals surface area contributed by atoms with E-state index >= 15 is 0 Å². The number of carbonyl (C=O) groups excluding carboxylic acids is 1. The molecular formula is C20H21N5O3. The monoisotopic (exact) mass is 379 g/mol. The summed E-state index contributed by atoms with van der Waals surface area (Å²) in [7, 11) is 0. The van der Waals surface area contributed by atoms with Gasteiger partial charge in [-0.1, -0.05) is 18.2 Å². The molecule has 28 heavy (non-hydrogen) atoms. The number of anilines is 1. The van der Waals surface area contributed by atoms with E-state index in [0.29, 0.717) is 5.69 Å². The summed E-state index contributed by atoms with van der Waals surface area (Å²) in [6, 6.07) is 8.83. The molecule has 0 bridgehead atoms. The van der Waals surface area contributed by atoms with Gasteiger partial charge in [0.2, 0.25) is 5.91 Å². The standard InChI is InChI=1S/C20H21N5O3/c26-18(8-11-24-12-9-19(27)23-20(24)28)22-15-6-2-1-5-14(15)16-13-25-10-4-3-7-17(25)21-16/h1-2,5-6,9,12-13H,3-4,7-8,10-11H2,(H,22,26)(H,23,27,28). The SMILES string of the molecule is O=C(CCn1ccc(=O)[nH]c1=O)Nc1ccccc1-c1cn2c(n1)CCCC2. The zero-order chi connectivity index (χ0) is 19.5. The van der Waals surface area contributed by atoms with Crippen molar-refractivity contribution in [2.24, 2.45) is 0 Å². The van der Waals surface area contributed by atoms with Gasteiger partial charge in [-0.25, -0.2) is 9.78 Å². The number of nitrogens with one attached hydrogen (secondary N) is 2. The summed E-state index contributed by atoms with van der Waals surface area (Å²) in [5.74, 6) is 0.870. The topological polar surface area (TPSA) is 102 Å². The number of H-pyrrole nitrogens is 1. The predicted octanol–water partition coefficient (Wildman–Crippen LogP) is 1.77. The Kier molecular flexibility index (Phi) is 4.92. The molecule has 2 aromatic heterocycles. The Bertz CT molecular complexity index is 1100. The maximum atomic E-state index is 12.4. The van der Waals surface area contributed by atoms with Crippen molar-refractivity contribution in [1.82, 2.24) is 19.1 Å². The van der Waals surface area contributed by atoms with Crippen LogP contribution in [0.5, 0.6) is 0 Å². The third-order valence-corrected chi connectivity index (χ3v) is 4.86. The first-order valence-electron chi connectivity index (χ1n) is 9.35. The summed E-state index contributed by atoms with van der Waals surface area (Å²) in [6.45, 7) is 1.16. The molecular weight excluding hydrogens is 358 g/mol. The summed E-state index contributed by atoms with van der Waals surface area (Å²) >= 11 is 0. The Labute approximate surface area is 160 Å². The van der Waals surface area contributed by atoms with Crippen LogP contribution < -0.4 is 16.6 Å². The van der Waals surface area contributed by atoms with E-state index in [1.54, 1.807) is 0 Å². The van der Waals surface area contributed by atoms with E-state index < -0.39 is 11.2 Å². The third-order valence-electron chi connectivity index (χ3n) is 4.86. The fraction of sp³-hybridized carbons (Fsp3) is 0.300. The number of aryl methyl sites for hydroxylation is 3. The molecule has 8 heteroatoms. The predicted molar refractivity (Wildman–Crippen MR) is 105 cm³/mol. The minimum absolute atomic E-state index is 0.111. The van der Waals surface area contributed by atoms with Gasteiger partial charge < -0.3 is 14.5 Å². The highest BCUT2D eigenvalue weighted by Crippen LogP contribution is 2.29. The van der Waals surface area contributed by atoms with Gasteiger partial charge in [-0.05, 0) is 18.9 Å². The van der Waals surface area contributed by atoms with Crippen LogP contribution in [0, 0.1) is 0 Å². The number of imidazole rings is 1. The quantitative estimate of drug-likeness (QED) is 0.705. The lowest BCUT2D eigenvalue weighted by Crippen LogP contribution is -2.29. The van der Waals surface area contributed by atoms with Crippen LogP contribution in [-0.2, 0) is 24.3 Å². The molecule has 0 saturated carbocycles. The molecule has 0 radical (unpaired) electrons. The van der Waals surface area contributed by atoms with Crippen LogP contribution in [0.3, 0.4) is 0 Å². The third kappa shape index (κ3) is 3.80. The number of carbonyl (C=O) groups is 1. The molecule has 1 amide bonds. The van der Waals surface area contributed by atoms with Gasteiger partial charge in [0.15, 0.2) is 0 Å². The molecule has 1 aliphatic rings. The van der Waals surface area contributed by atoms with Crippen molar-refractivity contribution < 1.29 is 4.79 Å². The number of fused-ring (bicyclic) bond motifs is 1. The highest BCUT2D eigenvalue weighted by Gasteiger charge is 2.16. The van der Waals surface area contributed by atoms with E-state index in [1.807, 2.05) is 30.5 Å². The van der Waals surface area contributed by atoms with Gasteiger partial charge in [0.05, 0.1) is 11.4 Å². The molecule has 144 valence electrons. The molecule has 1 aromatic carbocycles. The molecule has 0 unspecified atom stereocenters. The maximum absolute atomic E-state index is 12.4. The number of nitrogens with zero attached hydrogens (tertiary/aromatic N) is 3. The van der Waals surface area contributed by atoms with Crippen LogP contribution in [-0.4, -0.2) is 25.0 Å². The second-order valence-electron chi connectivity index (χ2n) is 6.84. The summed E-state index contributed by atoms with van der Waals surface area (Å²) in [4.78, 5) is 42.2. The summed E-state index contributed by atoms with van der Waals surface area (Å²) in [5, 5.41) is 2.91. The maximum Gasteiger partial charge on any atom is 0.328 e. The number of hydrogen-bond acceptors (Lipinski definition) is 4. The summed E-state index contributed by atoms with van der Waals surface area (Å²) in [5.41, 5.74) is 1.44. The number of amides is 1. The van der Waals surface area contributed by atoms with Gasteiger partial charge in [-0.15, -0.1) is 0 Å². The lowest BCUT2D eigenvalue weighted by atomic mass is 10.1. The first-order valence-corrected chi connectivity index (χ1v) is 9.35. The smallest absolute Gasteiger partial charge is 0.328 e.